The van der Waals surface area contributed by atoms with E-state index in [-0.39, 0.29) is 0 Å². The molecule has 0 unspecified atom stereocenters. The zero-order chi connectivity index (χ0) is 16.5. The predicted octanol–water partition coefficient (Wildman–Crippen LogP) is 4.39. The molecular weight excluding hydrogens is 286 g/mol. The summed E-state index contributed by atoms with van der Waals surface area (Å²) in [7, 11) is 0. The molecule has 0 heterocycles. The molecule has 23 heavy (non-hydrogen) atoms. The van der Waals surface area contributed by atoms with Gasteiger partial charge in [0.2, 0.25) is 0 Å². The van der Waals surface area contributed by atoms with Gasteiger partial charge in [0.1, 0.15) is 0 Å². The largest absolute Gasteiger partial charge is 0.623 e. The Balaban J connectivity index is 1.76. The topological polar surface area (TPSA) is 35.3 Å². The minimum Gasteiger partial charge on any atom is -0.623 e. The molecule has 0 radical (unpaired) electrons. The molecule has 0 spiro atoms. The van der Waals surface area contributed by atoms with Crippen LogP contribution in [-0.4, -0.2) is 23.1 Å². The van der Waals surface area contributed by atoms with E-state index in [2.05, 4.69) is 12.1 Å². The minimum atomic E-state index is -0.439. The van der Waals surface area contributed by atoms with E-state index in [1.165, 1.54) is 5.56 Å². The molecule has 2 aromatic rings. The van der Waals surface area contributed by atoms with Crippen molar-refractivity contribution in [3.63, 3.8) is 0 Å². The fourth-order valence-electron chi connectivity index (χ4n) is 2.33. The first-order valence-electron chi connectivity index (χ1n) is 8.06. The van der Waals surface area contributed by atoms with E-state index in [4.69, 9.17) is 4.74 Å². The van der Waals surface area contributed by atoms with E-state index < -0.39 is 5.54 Å². The maximum absolute atomic E-state index is 12.3. The molecule has 0 fully saturated rings. The van der Waals surface area contributed by atoms with Crippen molar-refractivity contribution in [2.45, 2.75) is 38.8 Å². The molecule has 0 atom stereocenters. The lowest BCUT2D eigenvalue weighted by Gasteiger charge is -2.24. The van der Waals surface area contributed by atoms with Crippen molar-refractivity contribution < 1.29 is 9.48 Å². The van der Waals surface area contributed by atoms with E-state index >= 15 is 0 Å². The molecule has 0 aromatic heterocycles. The Morgan fingerprint density at radius 1 is 1.00 bits per heavy atom. The van der Waals surface area contributed by atoms with Gasteiger partial charge in [-0.25, -0.2) is 4.74 Å². The molecule has 0 saturated heterocycles. The maximum Gasteiger partial charge on any atom is 0.182 e. The second-order valence-corrected chi connectivity index (χ2v) is 6.32. The Kier molecular flexibility index (Phi) is 6.36. The molecule has 0 aliphatic carbocycles. The van der Waals surface area contributed by atoms with Gasteiger partial charge in [-0.2, -0.15) is 0 Å². The van der Waals surface area contributed by atoms with Crippen molar-refractivity contribution in [2.75, 3.05) is 6.61 Å². The number of rotatable bonds is 8. The molecule has 0 aliphatic rings. The van der Waals surface area contributed by atoms with Crippen molar-refractivity contribution in [2.24, 2.45) is 0 Å². The number of hydroxylamine groups is 1. The quantitative estimate of drug-likeness (QED) is 0.238. The highest BCUT2D eigenvalue weighted by Crippen LogP contribution is 2.16. The van der Waals surface area contributed by atoms with Crippen molar-refractivity contribution in [3.05, 3.63) is 77.0 Å². The highest BCUT2D eigenvalue weighted by molar-refractivity contribution is 5.75. The highest BCUT2D eigenvalue weighted by atomic mass is 16.5. The molecule has 0 aliphatic heterocycles. The van der Waals surface area contributed by atoms with Crippen LogP contribution in [0.4, 0.5) is 0 Å². The SMILES string of the molecule is CC(C)(CCCOCc1ccccc1)/[N+]([O-])=C/c1ccccc1. The fourth-order valence-corrected chi connectivity index (χ4v) is 2.33. The van der Waals surface area contributed by atoms with Crippen LogP contribution in [0.1, 0.15) is 37.8 Å². The van der Waals surface area contributed by atoms with Crippen LogP contribution in [0.2, 0.25) is 0 Å². The molecule has 122 valence electrons. The average Bonchev–Trinajstić information content (AvgIpc) is 2.56. The van der Waals surface area contributed by atoms with Crippen LogP contribution < -0.4 is 0 Å². The van der Waals surface area contributed by atoms with Crippen LogP contribution in [0, 0.1) is 5.21 Å². The monoisotopic (exact) mass is 311 g/mol. The van der Waals surface area contributed by atoms with Crippen LogP contribution in [0.15, 0.2) is 60.7 Å². The van der Waals surface area contributed by atoms with E-state index in [1.54, 1.807) is 6.21 Å². The third-order valence-electron chi connectivity index (χ3n) is 3.85. The molecule has 3 heteroatoms. The zero-order valence-electron chi connectivity index (χ0n) is 13.9. The first-order chi connectivity index (χ1) is 11.1. The summed E-state index contributed by atoms with van der Waals surface area (Å²) in [5.41, 5.74) is 1.66. The van der Waals surface area contributed by atoms with Gasteiger partial charge in [-0.05, 0) is 24.1 Å². The smallest absolute Gasteiger partial charge is 0.182 e. The summed E-state index contributed by atoms with van der Waals surface area (Å²) in [6.07, 6.45) is 3.31. The minimum absolute atomic E-state index is 0.439. The van der Waals surface area contributed by atoms with Gasteiger partial charge in [0, 0.05) is 32.4 Å². The molecule has 0 bridgehead atoms. The summed E-state index contributed by atoms with van der Waals surface area (Å²) in [5, 5.41) is 12.3. The van der Waals surface area contributed by atoms with Crippen LogP contribution in [0.5, 0.6) is 0 Å². The lowest BCUT2D eigenvalue weighted by atomic mass is 9.99. The average molecular weight is 311 g/mol. The first kappa shape index (κ1) is 17.2. The third kappa shape index (κ3) is 5.87. The zero-order valence-corrected chi connectivity index (χ0v) is 13.9. The molecule has 2 rings (SSSR count). The van der Waals surface area contributed by atoms with Crippen molar-refractivity contribution in [1.82, 2.24) is 0 Å². The first-order valence-corrected chi connectivity index (χ1v) is 8.06. The molecule has 0 saturated carbocycles. The standard InChI is InChI=1S/C20H25NO2/c1-20(2,21(22)16-18-10-5-3-6-11-18)14-9-15-23-17-19-12-7-4-8-13-19/h3-8,10-13,16H,9,14-15,17H2,1-2H3/b21-16-. The second kappa shape index (κ2) is 8.49. The number of hydrogen-bond acceptors (Lipinski definition) is 2. The normalized spacial score (nSPS) is 12.3. The van der Waals surface area contributed by atoms with Crippen LogP contribution in [0.25, 0.3) is 0 Å². The van der Waals surface area contributed by atoms with Gasteiger partial charge >= 0.3 is 0 Å². The van der Waals surface area contributed by atoms with Gasteiger partial charge < -0.3 is 9.94 Å². The summed E-state index contributed by atoms with van der Waals surface area (Å²) in [4.78, 5) is 0. The summed E-state index contributed by atoms with van der Waals surface area (Å²) in [6, 6.07) is 19.8. The molecular formula is C20H25NO2. The van der Waals surface area contributed by atoms with Crippen molar-refractivity contribution >= 4 is 6.21 Å². The lowest BCUT2D eigenvalue weighted by molar-refractivity contribution is -0.537. The Morgan fingerprint density at radius 2 is 1.61 bits per heavy atom. The maximum atomic E-state index is 12.3. The molecule has 0 N–H and O–H groups in total. The highest BCUT2D eigenvalue weighted by Gasteiger charge is 2.25. The van der Waals surface area contributed by atoms with Crippen LogP contribution >= 0.6 is 0 Å². The second-order valence-electron chi connectivity index (χ2n) is 6.32. The van der Waals surface area contributed by atoms with Gasteiger partial charge in [0.15, 0.2) is 11.8 Å². The van der Waals surface area contributed by atoms with Crippen LogP contribution in [-0.2, 0) is 11.3 Å². The van der Waals surface area contributed by atoms with Gasteiger partial charge in [0.25, 0.3) is 0 Å². The summed E-state index contributed by atoms with van der Waals surface area (Å²) < 4.78 is 6.74. The van der Waals surface area contributed by atoms with Gasteiger partial charge in [-0.15, -0.1) is 0 Å². The van der Waals surface area contributed by atoms with E-state index in [9.17, 15) is 5.21 Å². The number of benzene rings is 2. The Hall–Kier alpha value is -2.13. The van der Waals surface area contributed by atoms with E-state index in [1.807, 2.05) is 62.4 Å². The summed E-state index contributed by atoms with van der Waals surface area (Å²) in [5.74, 6) is 0. The van der Waals surface area contributed by atoms with Gasteiger partial charge in [-0.1, -0.05) is 48.5 Å². The number of hydrogen-bond donors (Lipinski definition) is 0. The Morgan fingerprint density at radius 3 is 2.26 bits per heavy atom. The number of nitrogens with zero attached hydrogens (tertiary/aromatic N) is 1. The Bertz CT molecular complexity index is 606. The molecule has 3 nitrogen and oxygen atoms in total. The third-order valence-corrected chi connectivity index (χ3v) is 3.85. The van der Waals surface area contributed by atoms with Crippen LogP contribution in [0.3, 0.4) is 0 Å². The predicted molar refractivity (Wildman–Crippen MR) is 94.6 cm³/mol. The summed E-state index contributed by atoms with van der Waals surface area (Å²) in [6.45, 7) is 5.23. The number of ether oxygens (including phenoxy) is 1. The lowest BCUT2D eigenvalue weighted by Crippen LogP contribution is -2.33. The van der Waals surface area contributed by atoms with Crippen molar-refractivity contribution in [3.8, 4) is 0 Å². The van der Waals surface area contributed by atoms with E-state index in [0.717, 1.165) is 23.1 Å². The fraction of sp³-hybridized carbons (Fsp3) is 0.350. The van der Waals surface area contributed by atoms with Gasteiger partial charge in [0.05, 0.1) is 6.61 Å². The van der Waals surface area contributed by atoms with Gasteiger partial charge in [-0.3, -0.25) is 0 Å². The Labute approximate surface area is 138 Å². The van der Waals surface area contributed by atoms with E-state index in [0.29, 0.717) is 13.2 Å². The molecule has 0 amide bonds. The summed E-state index contributed by atoms with van der Waals surface area (Å²) >= 11 is 0. The van der Waals surface area contributed by atoms with Crippen molar-refractivity contribution in [1.29, 1.82) is 0 Å². The molecule has 2 aromatic carbocycles.